The van der Waals surface area contributed by atoms with Gasteiger partial charge in [-0.15, -0.1) is 12.3 Å². The molecule has 0 spiro atoms. The van der Waals surface area contributed by atoms with E-state index >= 15 is 0 Å². The molecule has 0 heterocycles. The van der Waals surface area contributed by atoms with Crippen LogP contribution in [0, 0.1) is 12.3 Å². The van der Waals surface area contributed by atoms with Gasteiger partial charge in [-0.2, -0.15) is 0 Å². The summed E-state index contributed by atoms with van der Waals surface area (Å²) in [5, 5.41) is 9.99. The number of aliphatic hydroxyl groups is 1. The maximum atomic E-state index is 9.99. The first-order chi connectivity index (χ1) is 7.06. The number of halogens is 1. The molecule has 1 aromatic carbocycles. The second-order valence-electron chi connectivity index (χ2n) is 3.56. The fourth-order valence-corrected chi connectivity index (χ4v) is 1.54. The summed E-state index contributed by atoms with van der Waals surface area (Å²) in [4.78, 5) is 0. The highest BCUT2D eigenvalue weighted by Gasteiger charge is 2.22. The molecule has 1 atom stereocenters. The van der Waals surface area contributed by atoms with Gasteiger partial charge in [-0.25, -0.2) is 0 Å². The van der Waals surface area contributed by atoms with E-state index in [0.29, 0.717) is 4.48 Å². The van der Waals surface area contributed by atoms with Crippen LogP contribution in [-0.2, 0) is 0 Å². The van der Waals surface area contributed by atoms with Crippen LogP contribution in [0.3, 0.4) is 0 Å². The van der Waals surface area contributed by atoms with Gasteiger partial charge in [0.05, 0.1) is 0 Å². The lowest BCUT2D eigenvalue weighted by molar-refractivity contribution is 0.115. The topological polar surface area (TPSA) is 20.2 Å². The first-order valence-corrected chi connectivity index (χ1v) is 5.44. The van der Waals surface area contributed by atoms with Crippen molar-refractivity contribution in [2.75, 3.05) is 0 Å². The third kappa shape index (κ3) is 3.54. The van der Waals surface area contributed by atoms with Crippen molar-refractivity contribution in [3.8, 4) is 12.3 Å². The van der Waals surface area contributed by atoms with Gasteiger partial charge in [0.15, 0.2) is 0 Å². The Kier molecular flexibility index (Phi) is 4.14. The lowest BCUT2D eigenvalue weighted by atomic mass is 10.0. The summed E-state index contributed by atoms with van der Waals surface area (Å²) in [7, 11) is 0. The third-order valence-electron chi connectivity index (χ3n) is 2.05. The summed E-state index contributed by atoms with van der Waals surface area (Å²) in [6.45, 7) is 1.69. The van der Waals surface area contributed by atoms with Crippen molar-refractivity contribution < 1.29 is 5.11 Å². The zero-order chi connectivity index (χ0) is 11.3. The van der Waals surface area contributed by atoms with Crippen LogP contribution < -0.4 is 0 Å². The van der Waals surface area contributed by atoms with E-state index < -0.39 is 5.60 Å². The standard InChI is InChI=1S/C13H13BrO/c1-3-9-13(2,15)12(14)10-11-7-5-4-6-8-11/h1,4-8,10,15H,9H2,2H3/b12-10-/t13-/m1/s1. The van der Waals surface area contributed by atoms with Gasteiger partial charge >= 0.3 is 0 Å². The normalized spacial score (nSPS) is 15.5. The molecule has 0 unspecified atom stereocenters. The Balaban J connectivity index is 2.90. The van der Waals surface area contributed by atoms with Gasteiger partial charge < -0.3 is 5.11 Å². The molecule has 0 aliphatic carbocycles. The van der Waals surface area contributed by atoms with Gasteiger partial charge in [-0.3, -0.25) is 0 Å². The Morgan fingerprint density at radius 3 is 2.67 bits per heavy atom. The molecule has 0 aliphatic rings. The molecule has 1 rings (SSSR count). The van der Waals surface area contributed by atoms with Crippen LogP contribution in [-0.4, -0.2) is 10.7 Å². The Hall–Kier alpha value is -1.04. The predicted molar refractivity (Wildman–Crippen MR) is 67.4 cm³/mol. The van der Waals surface area contributed by atoms with Crippen LogP contribution in [0.4, 0.5) is 0 Å². The highest BCUT2D eigenvalue weighted by atomic mass is 79.9. The van der Waals surface area contributed by atoms with Crippen LogP contribution in [0.5, 0.6) is 0 Å². The van der Waals surface area contributed by atoms with Crippen LogP contribution >= 0.6 is 15.9 Å². The first-order valence-electron chi connectivity index (χ1n) is 4.65. The Morgan fingerprint density at radius 2 is 2.13 bits per heavy atom. The average Bonchev–Trinajstić information content (AvgIpc) is 2.19. The Bertz CT molecular complexity index is 385. The third-order valence-corrected chi connectivity index (χ3v) is 3.14. The second kappa shape index (κ2) is 5.16. The molecule has 1 N–H and O–H groups in total. The zero-order valence-electron chi connectivity index (χ0n) is 8.57. The van der Waals surface area contributed by atoms with Crippen molar-refractivity contribution in [3.63, 3.8) is 0 Å². The number of rotatable bonds is 3. The van der Waals surface area contributed by atoms with E-state index in [2.05, 4.69) is 21.9 Å². The SMILES string of the molecule is C#CC[C@@](C)(O)/C(Br)=C/c1ccccc1. The maximum Gasteiger partial charge on any atom is 0.104 e. The van der Waals surface area contributed by atoms with Crippen molar-refractivity contribution >= 4 is 22.0 Å². The van der Waals surface area contributed by atoms with Crippen LogP contribution in [0.15, 0.2) is 34.8 Å². The molecule has 0 fully saturated rings. The summed E-state index contributed by atoms with van der Waals surface area (Å²) in [5.74, 6) is 2.45. The van der Waals surface area contributed by atoms with Crippen LogP contribution in [0.1, 0.15) is 18.9 Å². The van der Waals surface area contributed by atoms with Gasteiger partial charge in [-0.05, 0) is 18.6 Å². The fourth-order valence-electron chi connectivity index (χ4n) is 1.13. The predicted octanol–water partition coefficient (Wildman–Crippen LogP) is 3.20. The smallest absolute Gasteiger partial charge is 0.104 e. The summed E-state index contributed by atoms with van der Waals surface area (Å²) in [6, 6.07) is 9.77. The van der Waals surface area contributed by atoms with Gasteiger partial charge in [0.1, 0.15) is 5.60 Å². The molecular weight excluding hydrogens is 252 g/mol. The van der Waals surface area contributed by atoms with Crippen molar-refractivity contribution in [3.05, 3.63) is 40.4 Å². The van der Waals surface area contributed by atoms with Crippen molar-refractivity contribution in [1.82, 2.24) is 0 Å². The lowest BCUT2D eigenvalue weighted by Crippen LogP contribution is -2.23. The fraction of sp³-hybridized carbons (Fsp3) is 0.231. The summed E-state index contributed by atoms with van der Waals surface area (Å²) in [5.41, 5.74) is 0.0339. The summed E-state index contributed by atoms with van der Waals surface area (Å²) >= 11 is 3.35. The molecule has 0 amide bonds. The number of hydrogen-bond acceptors (Lipinski definition) is 1. The number of terminal acetylenes is 1. The Morgan fingerprint density at radius 1 is 1.53 bits per heavy atom. The van der Waals surface area contributed by atoms with E-state index in [1.165, 1.54) is 0 Å². The maximum absolute atomic E-state index is 9.99. The lowest BCUT2D eigenvalue weighted by Gasteiger charge is -2.20. The molecule has 0 bridgehead atoms. The second-order valence-corrected chi connectivity index (χ2v) is 4.41. The highest BCUT2D eigenvalue weighted by Crippen LogP contribution is 2.27. The summed E-state index contributed by atoms with van der Waals surface area (Å²) < 4.78 is 0.694. The van der Waals surface area contributed by atoms with E-state index in [9.17, 15) is 5.11 Å². The molecular formula is C13H13BrO. The van der Waals surface area contributed by atoms with Gasteiger partial charge in [-0.1, -0.05) is 46.3 Å². The molecule has 1 aromatic rings. The van der Waals surface area contributed by atoms with Crippen molar-refractivity contribution in [1.29, 1.82) is 0 Å². The summed E-state index contributed by atoms with van der Waals surface area (Å²) in [6.07, 6.45) is 7.35. The number of hydrogen-bond donors (Lipinski definition) is 1. The van der Waals surface area contributed by atoms with E-state index in [-0.39, 0.29) is 6.42 Å². The van der Waals surface area contributed by atoms with Crippen LogP contribution in [0.2, 0.25) is 0 Å². The largest absolute Gasteiger partial charge is 0.384 e. The molecule has 1 nitrogen and oxygen atoms in total. The molecule has 0 saturated heterocycles. The molecule has 78 valence electrons. The average molecular weight is 265 g/mol. The molecule has 2 heteroatoms. The minimum atomic E-state index is -0.995. The van der Waals surface area contributed by atoms with E-state index in [1.54, 1.807) is 6.92 Å². The quantitative estimate of drug-likeness (QED) is 0.832. The van der Waals surface area contributed by atoms with Crippen LogP contribution in [0.25, 0.3) is 6.08 Å². The molecule has 15 heavy (non-hydrogen) atoms. The zero-order valence-corrected chi connectivity index (χ0v) is 10.2. The van der Waals surface area contributed by atoms with Gasteiger partial charge in [0, 0.05) is 10.9 Å². The molecule has 0 aromatic heterocycles. The van der Waals surface area contributed by atoms with E-state index in [0.717, 1.165) is 5.56 Å². The van der Waals surface area contributed by atoms with E-state index in [4.69, 9.17) is 6.42 Å². The molecule has 0 radical (unpaired) electrons. The van der Waals surface area contributed by atoms with E-state index in [1.807, 2.05) is 36.4 Å². The minimum Gasteiger partial charge on any atom is -0.384 e. The van der Waals surface area contributed by atoms with Gasteiger partial charge in [0.25, 0.3) is 0 Å². The molecule has 0 aliphatic heterocycles. The minimum absolute atomic E-state index is 0.289. The number of benzene rings is 1. The molecule has 0 saturated carbocycles. The van der Waals surface area contributed by atoms with Crippen molar-refractivity contribution in [2.45, 2.75) is 18.9 Å². The van der Waals surface area contributed by atoms with Gasteiger partial charge in [0.2, 0.25) is 0 Å². The monoisotopic (exact) mass is 264 g/mol. The van der Waals surface area contributed by atoms with Crippen molar-refractivity contribution in [2.24, 2.45) is 0 Å². The Labute approximate surface area is 99.0 Å². The highest BCUT2D eigenvalue weighted by molar-refractivity contribution is 9.11. The first kappa shape index (κ1) is 12.0.